The number of ketones is 1. The first-order valence-corrected chi connectivity index (χ1v) is 18.8. The maximum atomic E-state index is 14.3. The molecule has 0 spiro atoms. The lowest BCUT2D eigenvalue weighted by Crippen LogP contribution is -2.62. The largest absolute Gasteiger partial charge is 0.458 e. The van der Waals surface area contributed by atoms with Gasteiger partial charge in [-0.05, 0) is 98.3 Å². The zero-order chi connectivity index (χ0) is 39.0. The van der Waals surface area contributed by atoms with E-state index in [0.29, 0.717) is 38.8 Å². The van der Waals surface area contributed by atoms with Crippen LogP contribution >= 0.6 is 0 Å². The third-order valence-electron chi connectivity index (χ3n) is 11.3. The standard InChI is InChI=1S/C36H64N6O10/c1-11-27-36(7)30(42(34(47)52-36)16-13-12-15-39-40-37)25(14-17-43)38-20-21(2)19-35(6,48-10)31(23(4)28(44)24(5)32(46)50-27)51-33-29(45)26(41(8)9)18-22(3)49-33/h21-27,29-31,33,38,43,45H,11-20H2,1-10H3/t21-,22-,23+,24-,25-,26?,27-,29-,30-,31-,33+,35-,36-/m1/s1. The molecule has 13 atom stereocenters. The summed E-state index contributed by atoms with van der Waals surface area (Å²) in [5.74, 6) is -3.39. The van der Waals surface area contributed by atoms with Gasteiger partial charge >= 0.3 is 12.1 Å². The van der Waals surface area contributed by atoms with Crippen molar-refractivity contribution in [1.29, 1.82) is 0 Å². The second-order valence-corrected chi connectivity index (χ2v) is 15.6. The number of ether oxygens (including phenoxy) is 5. The van der Waals surface area contributed by atoms with Crippen LogP contribution in [0.15, 0.2) is 5.11 Å². The van der Waals surface area contributed by atoms with Crippen molar-refractivity contribution in [2.24, 2.45) is 22.9 Å². The minimum Gasteiger partial charge on any atom is -0.458 e. The molecular formula is C36H64N6O10. The number of nitrogens with one attached hydrogen (secondary N) is 1. The topological polar surface area (TPSA) is 205 Å². The van der Waals surface area contributed by atoms with Gasteiger partial charge in [-0.2, -0.15) is 0 Å². The molecule has 0 aliphatic carbocycles. The minimum atomic E-state index is -1.34. The smallest absolute Gasteiger partial charge is 0.410 e. The van der Waals surface area contributed by atoms with Crippen molar-refractivity contribution in [2.75, 3.05) is 47.4 Å². The zero-order valence-corrected chi connectivity index (χ0v) is 32.8. The highest BCUT2D eigenvalue weighted by molar-refractivity contribution is 6.00. The molecule has 0 aromatic heterocycles. The number of unbranched alkanes of at least 4 members (excludes halogenated alkanes) is 1. The van der Waals surface area contributed by atoms with Crippen LogP contribution in [0.5, 0.6) is 0 Å². The van der Waals surface area contributed by atoms with E-state index in [1.807, 2.05) is 46.7 Å². The van der Waals surface area contributed by atoms with Crippen molar-refractivity contribution in [3.05, 3.63) is 10.4 Å². The molecule has 0 bridgehead atoms. The van der Waals surface area contributed by atoms with Crippen LogP contribution in [0, 0.1) is 17.8 Å². The van der Waals surface area contributed by atoms with Gasteiger partial charge in [0.1, 0.15) is 18.1 Å². The molecule has 298 valence electrons. The van der Waals surface area contributed by atoms with Crippen molar-refractivity contribution >= 4 is 17.8 Å². The van der Waals surface area contributed by atoms with Crippen LogP contribution < -0.4 is 5.32 Å². The summed E-state index contributed by atoms with van der Waals surface area (Å²) in [6.07, 6.45) is -2.11. The lowest BCUT2D eigenvalue weighted by molar-refractivity contribution is -0.295. The number of azide groups is 1. The fraction of sp³-hybridized carbons (Fsp3) is 0.917. The molecule has 3 rings (SSSR count). The number of amides is 1. The third-order valence-corrected chi connectivity index (χ3v) is 11.3. The highest BCUT2D eigenvalue weighted by Crippen LogP contribution is 2.40. The second kappa shape index (κ2) is 19.2. The van der Waals surface area contributed by atoms with Gasteiger partial charge in [-0.15, -0.1) is 0 Å². The van der Waals surface area contributed by atoms with E-state index in [2.05, 4.69) is 15.3 Å². The summed E-state index contributed by atoms with van der Waals surface area (Å²) in [5.41, 5.74) is 6.26. The fourth-order valence-electron chi connectivity index (χ4n) is 8.38. The Morgan fingerprint density at radius 3 is 2.44 bits per heavy atom. The summed E-state index contributed by atoms with van der Waals surface area (Å²) in [6, 6.07) is -1.39. The Morgan fingerprint density at radius 1 is 1.15 bits per heavy atom. The van der Waals surface area contributed by atoms with Gasteiger partial charge in [0.2, 0.25) is 0 Å². The SMILES string of the molecule is CC[C@H]1OC(=O)[C@H](C)C(=O)[C@H](C)[C@@H](O[C@@H]2O[C@H](C)CC(N(C)C)[C@H]2O)[C@](C)(OC)C[C@@H](C)CN[C@H](CCO)[C@H]2N(CCCCN=[N+]=[N-])C(=O)O[C@]12C. The molecule has 3 aliphatic rings. The summed E-state index contributed by atoms with van der Waals surface area (Å²) >= 11 is 0. The molecule has 1 unspecified atom stereocenters. The number of hydrogen-bond donors (Lipinski definition) is 3. The first-order valence-electron chi connectivity index (χ1n) is 18.8. The van der Waals surface area contributed by atoms with Crippen molar-refractivity contribution < 1.29 is 48.3 Å². The highest BCUT2D eigenvalue weighted by atomic mass is 16.7. The average molecular weight is 741 g/mol. The molecule has 1 amide bonds. The Hall–Kier alpha value is -2.56. The Balaban J connectivity index is 2.08. The van der Waals surface area contributed by atoms with E-state index in [4.69, 9.17) is 29.2 Å². The first-order chi connectivity index (χ1) is 24.5. The minimum absolute atomic E-state index is 0.0887. The van der Waals surface area contributed by atoms with Crippen LogP contribution in [-0.4, -0.2) is 145 Å². The molecule has 16 heteroatoms. The highest BCUT2D eigenvalue weighted by Gasteiger charge is 2.59. The quantitative estimate of drug-likeness (QED) is 0.0658. The van der Waals surface area contributed by atoms with Crippen molar-refractivity contribution in [1.82, 2.24) is 15.1 Å². The number of rotatable bonds is 12. The molecule has 0 saturated carbocycles. The van der Waals surface area contributed by atoms with Gasteiger partial charge in [-0.3, -0.25) is 14.5 Å². The summed E-state index contributed by atoms with van der Waals surface area (Å²) < 4.78 is 31.2. The van der Waals surface area contributed by atoms with Crippen LogP contribution in [0.1, 0.15) is 87.0 Å². The molecule has 52 heavy (non-hydrogen) atoms. The number of hydrogen-bond acceptors (Lipinski definition) is 13. The lowest BCUT2D eigenvalue weighted by atomic mass is 9.78. The third kappa shape index (κ3) is 9.94. The Morgan fingerprint density at radius 2 is 1.85 bits per heavy atom. The average Bonchev–Trinajstić information content (AvgIpc) is 3.36. The Labute approximate surface area is 308 Å². The number of aliphatic hydroxyl groups excluding tert-OH is 2. The van der Waals surface area contributed by atoms with Gasteiger partial charge in [0.25, 0.3) is 0 Å². The number of likely N-dealkylation sites (N-methyl/N-ethyl adjacent to an activating group) is 1. The molecule has 16 nitrogen and oxygen atoms in total. The number of methoxy groups -OCH3 is 1. The molecule has 3 saturated heterocycles. The van der Waals surface area contributed by atoms with Gasteiger partial charge in [0.15, 0.2) is 17.7 Å². The van der Waals surface area contributed by atoms with Crippen LogP contribution in [-0.2, 0) is 33.3 Å². The number of nitrogens with zero attached hydrogens (tertiary/aromatic N) is 5. The number of aliphatic hydroxyl groups is 2. The number of cyclic esters (lactones) is 1. The van der Waals surface area contributed by atoms with Gasteiger partial charge < -0.3 is 44.1 Å². The molecule has 3 N–H and O–H groups in total. The van der Waals surface area contributed by atoms with E-state index >= 15 is 0 Å². The van der Waals surface area contributed by atoms with E-state index in [9.17, 15) is 24.6 Å². The van der Waals surface area contributed by atoms with Gasteiger partial charge in [-0.1, -0.05) is 25.9 Å². The molecule has 0 aromatic rings. The number of carbonyl (C=O) groups excluding carboxylic acids is 3. The maximum Gasteiger partial charge on any atom is 0.410 e. The number of fused-ring (bicyclic) bond motifs is 1. The van der Waals surface area contributed by atoms with E-state index < -0.39 is 77.6 Å². The summed E-state index contributed by atoms with van der Waals surface area (Å²) in [4.78, 5) is 48.1. The van der Waals surface area contributed by atoms with Crippen molar-refractivity contribution in [3.8, 4) is 0 Å². The number of Topliss-reactive ketones (excluding diaryl/α,β-unsaturated/α-hetero) is 1. The Bertz CT molecular complexity index is 1250. The van der Waals surface area contributed by atoms with Crippen molar-refractivity contribution in [3.63, 3.8) is 0 Å². The molecule has 3 fully saturated rings. The number of esters is 1. The fourth-order valence-corrected chi connectivity index (χ4v) is 8.38. The summed E-state index contributed by atoms with van der Waals surface area (Å²) in [7, 11) is 5.32. The molecule has 0 aromatic carbocycles. The maximum absolute atomic E-state index is 14.3. The predicted octanol–water partition coefficient (Wildman–Crippen LogP) is 3.42. The monoisotopic (exact) mass is 740 g/mol. The van der Waals surface area contributed by atoms with Crippen LogP contribution in [0.25, 0.3) is 10.4 Å². The second-order valence-electron chi connectivity index (χ2n) is 15.6. The van der Waals surface area contributed by atoms with E-state index in [0.717, 1.165) is 0 Å². The predicted molar refractivity (Wildman–Crippen MR) is 192 cm³/mol. The van der Waals surface area contributed by atoms with Gasteiger partial charge in [-0.25, -0.2) is 4.79 Å². The molecule has 0 radical (unpaired) electrons. The van der Waals surface area contributed by atoms with Crippen LogP contribution in [0.2, 0.25) is 0 Å². The van der Waals surface area contributed by atoms with E-state index in [1.54, 1.807) is 25.9 Å². The van der Waals surface area contributed by atoms with Crippen LogP contribution in [0.3, 0.4) is 0 Å². The van der Waals surface area contributed by atoms with E-state index in [1.165, 1.54) is 6.92 Å². The lowest BCUT2D eigenvalue weighted by Gasteiger charge is -2.46. The normalized spacial score (nSPS) is 39.6. The van der Waals surface area contributed by atoms with Gasteiger partial charge in [0.05, 0.1) is 23.9 Å². The summed E-state index contributed by atoms with van der Waals surface area (Å²) in [6.45, 7) is 13.4. The van der Waals surface area contributed by atoms with Crippen molar-refractivity contribution in [2.45, 2.75) is 147 Å². The Kier molecular flexibility index (Phi) is 16.1. The first kappa shape index (κ1) is 43.8. The number of carbonyl (C=O) groups is 3. The molecule has 3 aliphatic heterocycles. The van der Waals surface area contributed by atoms with E-state index in [-0.39, 0.29) is 44.1 Å². The molecule has 3 heterocycles. The van der Waals surface area contributed by atoms with Crippen LogP contribution in [0.4, 0.5) is 4.79 Å². The summed E-state index contributed by atoms with van der Waals surface area (Å²) in [5, 5.41) is 28.8. The molecular weight excluding hydrogens is 676 g/mol. The zero-order valence-electron chi connectivity index (χ0n) is 32.8. The van der Waals surface area contributed by atoms with Gasteiger partial charge in [0, 0.05) is 49.7 Å².